The largest absolute Gasteiger partial charge is 0.481 e. The fraction of sp³-hybridized carbons (Fsp3) is 0.200. The molecule has 2 amide bonds. The number of hydrogen-bond acceptors (Lipinski definition) is 6. The van der Waals surface area contributed by atoms with Crippen LogP contribution in [0.2, 0.25) is 0 Å². The molecule has 1 fully saturated rings. The van der Waals surface area contributed by atoms with E-state index in [0.717, 1.165) is 26.4 Å². The van der Waals surface area contributed by atoms with Gasteiger partial charge in [-0.1, -0.05) is 15.9 Å². The van der Waals surface area contributed by atoms with Gasteiger partial charge in [0, 0.05) is 15.5 Å². The van der Waals surface area contributed by atoms with Crippen molar-refractivity contribution >= 4 is 55.9 Å². The zero-order valence-corrected chi connectivity index (χ0v) is 14.6. The van der Waals surface area contributed by atoms with Crippen molar-refractivity contribution in [3.63, 3.8) is 0 Å². The Labute approximate surface area is 149 Å². The molecule has 1 atom stereocenters. The molecule has 0 bridgehead atoms. The van der Waals surface area contributed by atoms with Crippen LogP contribution in [0.1, 0.15) is 12.1 Å². The molecule has 1 aromatic carbocycles. The smallest absolute Gasteiger partial charge is 0.309 e. The van der Waals surface area contributed by atoms with E-state index in [9.17, 15) is 14.4 Å². The molecular weight excluding hydrogens is 398 g/mol. The number of carbonyl (C=O) groups excluding carboxylic acids is 2. The lowest BCUT2D eigenvalue weighted by Crippen LogP contribution is -2.34. The number of nitrogens with one attached hydrogen (secondary N) is 1. The average molecular weight is 410 g/mol. The van der Waals surface area contributed by atoms with Gasteiger partial charge in [0.15, 0.2) is 5.13 Å². The van der Waals surface area contributed by atoms with Crippen molar-refractivity contribution in [2.24, 2.45) is 0 Å². The molecule has 2 N–H and O–H groups in total. The van der Waals surface area contributed by atoms with Crippen molar-refractivity contribution < 1.29 is 19.5 Å². The maximum absolute atomic E-state index is 12.5. The zero-order valence-electron chi connectivity index (χ0n) is 12.2. The minimum absolute atomic E-state index is 0.0305. The summed E-state index contributed by atoms with van der Waals surface area (Å²) in [7, 11) is 0. The van der Waals surface area contributed by atoms with E-state index in [-0.39, 0.29) is 29.8 Å². The molecule has 1 unspecified atom stereocenters. The first-order valence-electron chi connectivity index (χ1n) is 6.99. The lowest BCUT2D eigenvalue weighted by Gasteiger charge is -2.13. The van der Waals surface area contributed by atoms with E-state index in [0.29, 0.717) is 5.69 Å². The van der Waals surface area contributed by atoms with Gasteiger partial charge in [-0.05, 0) is 24.3 Å². The van der Waals surface area contributed by atoms with Gasteiger partial charge in [0.1, 0.15) is 6.04 Å². The molecule has 1 aromatic heterocycles. The van der Waals surface area contributed by atoms with Crippen molar-refractivity contribution in [1.82, 2.24) is 4.98 Å². The monoisotopic (exact) mass is 409 g/mol. The van der Waals surface area contributed by atoms with Gasteiger partial charge in [0.05, 0.1) is 18.5 Å². The van der Waals surface area contributed by atoms with Gasteiger partial charge in [-0.15, -0.1) is 11.3 Å². The standard InChI is InChI=1S/C15H12BrN3O4S/c16-8-1-3-9(4-2-8)17-11-6-12(20)19(14(11)23)15-18-10(7-24-15)5-13(21)22/h1-4,7,11,17H,5-6H2,(H,21,22). The first-order valence-corrected chi connectivity index (χ1v) is 8.66. The second-order valence-corrected chi connectivity index (χ2v) is 6.92. The summed E-state index contributed by atoms with van der Waals surface area (Å²) in [5.74, 6) is -1.76. The second-order valence-electron chi connectivity index (χ2n) is 5.17. The summed E-state index contributed by atoms with van der Waals surface area (Å²) in [4.78, 5) is 40.5. The van der Waals surface area contributed by atoms with E-state index < -0.39 is 12.0 Å². The highest BCUT2D eigenvalue weighted by Crippen LogP contribution is 2.28. The van der Waals surface area contributed by atoms with Crippen LogP contribution in [0.15, 0.2) is 34.1 Å². The summed E-state index contributed by atoms with van der Waals surface area (Å²) in [6, 6.07) is 6.61. The zero-order chi connectivity index (χ0) is 17.3. The number of carboxylic acids is 1. The molecule has 24 heavy (non-hydrogen) atoms. The van der Waals surface area contributed by atoms with Crippen molar-refractivity contribution in [2.45, 2.75) is 18.9 Å². The Morgan fingerprint density at radius 2 is 2.08 bits per heavy atom. The number of hydrogen-bond donors (Lipinski definition) is 2. The second kappa shape index (κ2) is 6.70. The van der Waals surface area contributed by atoms with Gasteiger partial charge in [-0.3, -0.25) is 14.4 Å². The van der Waals surface area contributed by atoms with Crippen LogP contribution in [0, 0.1) is 0 Å². The Kier molecular flexibility index (Phi) is 4.63. The summed E-state index contributed by atoms with van der Waals surface area (Å²) in [5, 5.41) is 13.6. The summed E-state index contributed by atoms with van der Waals surface area (Å²) >= 11 is 4.42. The number of nitrogens with zero attached hydrogens (tertiary/aromatic N) is 2. The number of rotatable bonds is 5. The number of imide groups is 1. The molecule has 2 aromatic rings. The molecule has 1 aliphatic heterocycles. The number of benzene rings is 1. The summed E-state index contributed by atoms with van der Waals surface area (Å²) in [6.45, 7) is 0. The number of aromatic nitrogens is 1. The van der Waals surface area contributed by atoms with Gasteiger partial charge < -0.3 is 10.4 Å². The number of carboxylic acid groups (broad SMARTS) is 1. The van der Waals surface area contributed by atoms with E-state index in [1.807, 2.05) is 12.1 Å². The maximum Gasteiger partial charge on any atom is 0.309 e. The van der Waals surface area contributed by atoms with Crippen molar-refractivity contribution in [3.05, 3.63) is 39.8 Å². The number of anilines is 2. The van der Waals surface area contributed by atoms with Crippen LogP contribution in [-0.2, 0) is 20.8 Å². The molecular formula is C15H12BrN3O4S. The third-order valence-corrected chi connectivity index (χ3v) is 4.80. The molecule has 0 radical (unpaired) electrons. The molecule has 0 spiro atoms. The highest BCUT2D eigenvalue weighted by Gasteiger charge is 2.41. The van der Waals surface area contributed by atoms with E-state index in [4.69, 9.17) is 5.11 Å². The molecule has 3 rings (SSSR count). The van der Waals surface area contributed by atoms with Crippen molar-refractivity contribution in [1.29, 1.82) is 0 Å². The normalized spacial score (nSPS) is 17.4. The van der Waals surface area contributed by atoms with Crippen LogP contribution in [0.4, 0.5) is 10.8 Å². The average Bonchev–Trinajstić information content (AvgIpc) is 3.06. The quantitative estimate of drug-likeness (QED) is 0.734. The summed E-state index contributed by atoms with van der Waals surface area (Å²) in [5.41, 5.74) is 1.06. The Morgan fingerprint density at radius 1 is 1.38 bits per heavy atom. The fourth-order valence-electron chi connectivity index (χ4n) is 2.33. The third kappa shape index (κ3) is 3.46. The highest BCUT2D eigenvalue weighted by atomic mass is 79.9. The molecule has 0 saturated carbocycles. The SMILES string of the molecule is O=C(O)Cc1csc(N2C(=O)CC(Nc3ccc(Br)cc3)C2=O)n1. The number of thiazole rings is 1. The summed E-state index contributed by atoms with van der Waals surface area (Å²) < 4.78 is 0.914. The minimum Gasteiger partial charge on any atom is -0.481 e. The molecule has 2 heterocycles. The predicted molar refractivity (Wildman–Crippen MR) is 92.1 cm³/mol. The van der Waals surface area contributed by atoms with E-state index in [2.05, 4.69) is 26.2 Å². The van der Waals surface area contributed by atoms with E-state index in [1.165, 1.54) is 0 Å². The number of halogens is 1. The van der Waals surface area contributed by atoms with Gasteiger partial charge in [0.2, 0.25) is 5.91 Å². The van der Waals surface area contributed by atoms with Crippen LogP contribution < -0.4 is 10.2 Å². The third-order valence-electron chi connectivity index (χ3n) is 3.40. The Hall–Kier alpha value is -2.26. The van der Waals surface area contributed by atoms with Gasteiger partial charge in [0.25, 0.3) is 5.91 Å². The molecule has 1 saturated heterocycles. The van der Waals surface area contributed by atoms with Crippen LogP contribution in [0.5, 0.6) is 0 Å². The van der Waals surface area contributed by atoms with Crippen LogP contribution in [-0.4, -0.2) is 33.9 Å². The molecule has 124 valence electrons. The summed E-state index contributed by atoms with van der Waals surface area (Å²) in [6.07, 6.45) is -0.212. The first-order chi connectivity index (χ1) is 11.4. The Morgan fingerprint density at radius 3 is 2.75 bits per heavy atom. The molecule has 7 nitrogen and oxygen atoms in total. The number of amides is 2. The molecule has 0 aliphatic carbocycles. The lowest BCUT2D eigenvalue weighted by atomic mass is 10.2. The van der Waals surface area contributed by atoms with E-state index >= 15 is 0 Å². The molecule has 1 aliphatic rings. The maximum atomic E-state index is 12.5. The minimum atomic E-state index is -1.01. The van der Waals surface area contributed by atoms with Crippen LogP contribution >= 0.6 is 27.3 Å². The Balaban J connectivity index is 1.75. The number of carbonyl (C=O) groups is 3. The first kappa shape index (κ1) is 16.6. The molecule has 9 heteroatoms. The Bertz CT molecular complexity index is 805. The van der Waals surface area contributed by atoms with Crippen molar-refractivity contribution in [3.8, 4) is 0 Å². The van der Waals surface area contributed by atoms with Gasteiger partial charge in [-0.25, -0.2) is 9.88 Å². The predicted octanol–water partition coefficient (Wildman–Crippen LogP) is 2.28. The highest BCUT2D eigenvalue weighted by molar-refractivity contribution is 9.10. The van der Waals surface area contributed by atoms with Crippen LogP contribution in [0.3, 0.4) is 0 Å². The lowest BCUT2D eigenvalue weighted by molar-refractivity contribution is -0.136. The topological polar surface area (TPSA) is 99.6 Å². The number of aliphatic carboxylic acids is 1. The van der Waals surface area contributed by atoms with Crippen LogP contribution in [0.25, 0.3) is 0 Å². The van der Waals surface area contributed by atoms with Crippen molar-refractivity contribution in [2.75, 3.05) is 10.2 Å². The fourth-order valence-corrected chi connectivity index (χ4v) is 3.44. The van der Waals surface area contributed by atoms with Gasteiger partial charge >= 0.3 is 5.97 Å². The van der Waals surface area contributed by atoms with Gasteiger partial charge in [-0.2, -0.15) is 0 Å². The van der Waals surface area contributed by atoms with E-state index in [1.54, 1.807) is 17.5 Å².